The summed E-state index contributed by atoms with van der Waals surface area (Å²) < 4.78 is 4.56. The summed E-state index contributed by atoms with van der Waals surface area (Å²) in [6.45, 7) is 5.42. The lowest BCUT2D eigenvalue weighted by molar-refractivity contribution is 0.408. The Morgan fingerprint density at radius 1 is 1.35 bits per heavy atom. The van der Waals surface area contributed by atoms with Crippen molar-refractivity contribution in [1.29, 1.82) is 0 Å². The van der Waals surface area contributed by atoms with Crippen LogP contribution >= 0.6 is 11.5 Å². The Morgan fingerprint density at radius 3 is 2.88 bits per heavy atom. The molecule has 0 spiro atoms. The van der Waals surface area contributed by atoms with Crippen LogP contribution in [0.1, 0.15) is 51.3 Å². The monoisotopic (exact) mass is 251 g/mol. The number of anilines is 1. The van der Waals surface area contributed by atoms with Crippen LogP contribution in [0.25, 0.3) is 0 Å². The van der Waals surface area contributed by atoms with Crippen LogP contribution in [-0.4, -0.2) is 15.9 Å². The molecule has 0 saturated heterocycles. The molecule has 2 bridgehead atoms. The van der Waals surface area contributed by atoms with Crippen LogP contribution in [0.15, 0.2) is 0 Å². The van der Waals surface area contributed by atoms with E-state index in [1.54, 1.807) is 0 Å². The summed E-state index contributed by atoms with van der Waals surface area (Å²) in [6, 6.07) is 0. The van der Waals surface area contributed by atoms with Crippen LogP contribution < -0.4 is 5.32 Å². The highest BCUT2D eigenvalue weighted by molar-refractivity contribution is 7.09. The van der Waals surface area contributed by atoms with Gasteiger partial charge in [-0.25, -0.2) is 4.98 Å². The summed E-state index contributed by atoms with van der Waals surface area (Å²) in [5.41, 5.74) is 0. The van der Waals surface area contributed by atoms with Crippen molar-refractivity contribution in [3.63, 3.8) is 0 Å². The number of aromatic nitrogens is 2. The molecule has 0 amide bonds. The van der Waals surface area contributed by atoms with Crippen molar-refractivity contribution in [2.45, 2.75) is 45.4 Å². The van der Waals surface area contributed by atoms with Crippen LogP contribution in [-0.2, 0) is 0 Å². The predicted molar refractivity (Wildman–Crippen MR) is 71.4 cm³/mol. The van der Waals surface area contributed by atoms with E-state index in [0.29, 0.717) is 11.8 Å². The van der Waals surface area contributed by atoms with Crippen molar-refractivity contribution < 1.29 is 0 Å². The van der Waals surface area contributed by atoms with E-state index in [2.05, 4.69) is 28.5 Å². The van der Waals surface area contributed by atoms with Gasteiger partial charge in [-0.15, -0.1) is 0 Å². The van der Waals surface area contributed by atoms with Gasteiger partial charge in [0.15, 0.2) is 0 Å². The van der Waals surface area contributed by atoms with Crippen molar-refractivity contribution in [2.75, 3.05) is 11.9 Å². The Balaban J connectivity index is 1.64. The molecule has 1 aromatic rings. The molecule has 3 nitrogen and oxygen atoms in total. The van der Waals surface area contributed by atoms with Gasteiger partial charge in [0, 0.05) is 24.0 Å². The molecule has 1 heterocycles. The molecule has 1 N–H and O–H groups in total. The van der Waals surface area contributed by atoms with Gasteiger partial charge in [0.25, 0.3) is 0 Å². The zero-order valence-corrected chi connectivity index (χ0v) is 11.5. The molecule has 0 radical (unpaired) electrons. The molecule has 0 aliphatic heterocycles. The highest BCUT2D eigenvalue weighted by Gasteiger charge is 2.41. The minimum Gasteiger partial charge on any atom is -0.360 e. The lowest BCUT2D eigenvalue weighted by Crippen LogP contribution is -2.11. The fourth-order valence-electron chi connectivity index (χ4n) is 3.31. The Kier molecular flexibility index (Phi) is 3.07. The molecule has 0 aromatic carbocycles. The minimum absolute atomic E-state index is 0.657. The average Bonchev–Trinajstić information content (AvgIpc) is 3.01. The van der Waals surface area contributed by atoms with E-state index in [9.17, 15) is 0 Å². The third-order valence-corrected chi connectivity index (χ3v) is 4.86. The molecule has 4 heteroatoms. The first-order valence-electron chi connectivity index (χ1n) is 6.80. The van der Waals surface area contributed by atoms with Crippen LogP contribution in [0.5, 0.6) is 0 Å². The highest BCUT2D eigenvalue weighted by Crippen LogP contribution is 2.52. The van der Waals surface area contributed by atoms with Crippen molar-refractivity contribution in [3.8, 4) is 0 Å². The number of nitrogens with one attached hydrogen (secondary N) is 1. The molecule has 94 valence electrons. The van der Waals surface area contributed by atoms with Crippen molar-refractivity contribution in [2.24, 2.45) is 17.8 Å². The van der Waals surface area contributed by atoms with Gasteiger partial charge in [-0.2, -0.15) is 4.37 Å². The second-order valence-electron chi connectivity index (χ2n) is 6.01. The van der Waals surface area contributed by atoms with E-state index < -0.39 is 0 Å². The number of rotatable bonds is 4. The summed E-state index contributed by atoms with van der Waals surface area (Å²) in [5, 5.41) is 4.39. The summed E-state index contributed by atoms with van der Waals surface area (Å²) in [7, 11) is 0. The van der Waals surface area contributed by atoms with E-state index in [4.69, 9.17) is 0 Å². The molecule has 2 fully saturated rings. The molecule has 1 aromatic heterocycles. The highest BCUT2D eigenvalue weighted by atomic mass is 32.1. The quantitative estimate of drug-likeness (QED) is 0.890. The Morgan fingerprint density at radius 2 is 2.24 bits per heavy atom. The van der Waals surface area contributed by atoms with Crippen molar-refractivity contribution in [1.82, 2.24) is 9.36 Å². The maximum Gasteiger partial charge on any atom is 0.202 e. The topological polar surface area (TPSA) is 37.8 Å². The van der Waals surface area contributed by atoms with E-state index in [-0.39, 0.29) is 0 Å². The third-order valence-electron chi connectivity index (χ3n) is 4.17. The smallest absolute Gasteiger partial charge is 0.202 e. The summed E-state index contributed by atoms with van der Waals surface area (Å²) in [5.74, 6) is 4.30. The number of fused-ring (bicyclic) bond motifs is 2. The lowest BCUT2D eigenvalue weighted by atomic mass is 9.88. The second kappa shape index (κ2) is 4.56. The molecular weight excluding hydrogens is 230 g/mol. The number of hydrogen-bond acceptors (Lipinski definition) is 4. The molecule has 3 atom stereocenters. The van der Waals surface area contributed by atoms with Crippen LogP contribution in [0.2, 0.25) is 0 Å². The number of hydrogen-bond donors (Lipinski definition) is 1. The molecular formula is C13H21N3S. The molecule has 2 saturated carbocycles. The van der Waals surface area contributed by atoms with E-state index in [0.717, 1.165) is 29.3 Å². The minimum atomic E-state index is 0.657. The molecule has 3 rings (SSSR count). The standard InChI is InChI=1S/C13H21N3S/c1-8(2)7-14-13-15-12(16-17-13)11-6-9-3-4-10(11)5-9/h8-11H,3-7H2,1-2H3,(H,14,15,16). The SMILES string of the molecule is CC(C)CNc1nc(C2CC3CCC2C3)ns1. The molecule has 17 heavy (non-hydrogen) atoms. The Labute approximate surface area is 107 Å². The fraction of sp³-hybridized carbons (Fsp3) is 0.846. The van der Waals surface area contributed by atoms with Crippen molar-refractivity contribution >= 4 is 16.7 Å². The Hall–Kier alpha value is -0.640. The van der Waals surface area contributed by atoms with Gasteiger partial charge >= 0.3 is 0 Å². The number of nitrogens with zero attached hydrogens (tertiary/aromatic N) is 2. The third kappa shape index (κ3) is 2.32. The summed E-state index contributed by atoms with van der Waals surface area (Å²) >= 11 is 1.53. The predicted octanol–water partition coefficient (Wildman–Crippen LogP) is 3.51. The Bertz CT molecular complexity index is 388. The van der Waals surface area contributed by atoms with Gasteiger partial charge in [-0.3, -0.25) is 0 Å². The van der Waals surface area contributed by atoms with Gasteiger partial charge < -0.3 is 5.32 Å². The van der Waals surface area contributed by atoms with Gasteiger partial charge in [-0.1, -0.05) is 20.3 Å². The fourth-order valence-corrected chi connectivity index (χ4v) is 3.95. The molecule has 2 aliphatic rings. The zero-order valence-electron chi connectivity index (χ0n) is 10.6. The molecule has 2 aliphatic carbocycles. The summed E-state index contributed by atoms with van der Waals surface area (Å²) in [4.78, 5) is 4.68. The van der Waals surface area contributed by atoms with E-state index in [1.165, 1.54) is 37.2 Å². The van der Waals surface area contributed by atoms with Gasteiger partial charge in [0.05, 0.1) is 0 Å². The first-order chi connectivity index (χ1) is 8.22. The second-order valence-corrected chi connectivity index (χ2v) is 6.77. The van der Waals surface area contributed by atoms with Gasteiger partial charge in [-0.05, 0) is 37.0 Å². The van der Waals surface area contributed by atoms with Gasteiger partial charge in [0.2, 0.25) is 5.13 Å². The van der Waals surface area contributed by atoms with Crippen molar-refractivity contribution in [3.05, 3.63) is 5.82 Å². The van der Waals surface area contributed by atoms with Gasteiger partial charge in [0.1, 0.15) is 5.82 Å². The first kappa shape index (κ1) is 11.5. The van der Waals surface area contributed by atoms with Crippen LogP contribution in [0.4, 0.5) is 5.13 Å². The maximum atomic E-state index is 4.68. The maximum absolute atomic E-state index is 4.68. The van der Waals surface area contributed by atoms with Crippen LogP contribution in [0.3, 0.4) is 0 Å². The first-order valence-corrected chi connectivity index (χ1v) is 7.57. The average molecular weight is 251 g/mol. The zero-order chi connectivity index (χ0) is 11.8. The molecule has 3 unspecified atom stereocenters. The lowest BCUT2D eigenvalue weighted by Gasteiger charge is -2.18. The van der Waals surface area contributed by atoms with E-state index >= 15 is 0 Å². The normalized spacial score (nSPS) is 31.4. The van der Waals surface area contributed by atoms with E-state index in [1.807, 2.05) is 0 Å². The largest absolute Gasteiger partial charge is 0.360 e. The summed E-state index contributed by atoms with van der Waals surface area (Å²) in [6.07, 6.45) is 5.62. The van der Waals surface area contributed by atoms with Crippen LogP contribution in [0, 0.1) is 17.8 Å².